The molecule has 2 rings (SSSR count). The van der Waals surface area contributed by atoms with E-state index in [1.807, 2.05) is 0 Å². The summed E-state index contributed by atoms with van der Waals surface area (Å²) in [4.78, 5) is 13.3. The molecule has 0 radical (unpaired) electrons. The Bertz CT molecular complexity index is 225. The van der Waals surface area contributed by atoms with Gasteiger partial charge in [0.25, 0.3) is 0 Å². The van der Waals surface area contributed by atoms with Crippen LogP contribution in [0.1, 0.15) is 32.6 Å². The first-order valence-electron chi connectivity index (χ1n) is 5.69. The van der Waals surface area contributed by atoms with Crippen LogP contribution in [0, 0.1) is 11.8 Å². The van der Waals surface area contributed by atoms with Crippen molar-refractivity contribution < 1.29 is 9.90 Å². The first-order chi connectivity index (χ1) is 6.72. The van der Waals surface area contributed by atoms with Crippen molar-refractivity contribution in [1.82, 2.24) is 4.90 Å². The minimum atomic E-state index is -0.601. The fraction of sp³-hybridized carbons (Fsp3) is 0.909. The smallest absolute Gasteiger partial charge is 0.308 e. The average Bonchev–Trinajstić information content (AvgIpc) is 2.83. The SMILES string of the molecule is CCN(CC1CC1)C1CCC1C(=O)O. The third-order valence-corrected chi connectivity index (χ3v) is 3.62. The zero-order valence-electron chi connectivity index (χ0n) is 8.78. The van der Waals surface area contributed by atoms with E-state index < -0.39 is 5.97 Å². The predicted octanol–water partition coefficient (Wildman–Crippen LogP) is 1.58. The van der Waals surface area contributed by atoms with Gasteiger partial charge in [-0.05, 0) is 38.1 Å². The zero-order chi connectivity index (χ0) is 10.1. The molecule has 0 aliphatic heterocycles. The van der Waals surface area contributed by atoms with Crippen molar-refractivity contribution in [2.45, 2.75) is 38.6 Å². The summed E-state index contributed by atoms with van der Waals surface area (Å²) in [7, 11) is 0. The monoisotopic (exact) mass is 197 g/mol. The molecular weight excluding hydrogens is 178 g/mol. The zero-order valence-corrected chi connectivity index (χ0v) is 8.78. The van der Waals surface area contributed by atoms with Crippen molar-refractivity contribution in [3.8, 4) is 0 Å². The summed E-state index contributed by atoms with van der Waals surface area (Å²) in [5.74, 6) is 0.175. The third kappa shape index (κ3) is 1.92. The summed E-state index contributed by atoms with van der Waals surface area (Å²) in [6.07, 6.45) is 4.65. The molecule has 0 aromatic rings. The van der Waals surface area contributed by atoms with Crippen LogP contribution in [0.3, 0.4) is 0 Å². The molecule has 0 spiro atoms. The lowest BCUT2D eigenvalue weighted by Gasteiger charge is -2.42. The topological polar surface area (TPSA) is 40.5 Å². The van der Waals surface area contributed by atoms with Crippen LogP contribution in [-0.2, 0) is 4.79 Å². The normalized spacial score (nSPS) is 31.6. The van der Waals surface area contributed by atoms with Gasteiger partial charge in [-0.25, -0.2) is 0 Å². The second kappa shape index (κ2) is 3.89. The summed E-state index contributed by atoms with van der Waals surface area (Å²) in [5, 5.41) is 8.97. The summed E-state index contributed by atoms with van der Waals surface area (Å²) >= 11 is 0. The molecule has 0 heterocycles. The van der Waals surface area contributed by atoms with Crippen molar-refractivity contribution in [2.24, 2.45) is 11.8 Å². The van der Waals surface area contributed by atoms with E-state index in [-0.39, 0.29) is 5.92 Å². The van der Waals surface area contributed by atoms with Crippen LogP contribution in [0.2, 0.25) is 0 Å². The van der Waals surface area contributed by atoms with Crippen molar-refractivity contribution in [2.75, 3.05) is 13.1 Å². The van der Waals surface area contributed by atoms with Gasteiger partial charge in [0.15, 0.2) is 0 Å². The van der Waals surface area contributed by atoms with Crippen LogP contribution in [0.5, 0.6) is 0 Å². The predicted molar refractivity (Wildman–Crippen MR) is 54.1 cm³/mol. The van der Waals surface area contributed by atoms with Crippen LogP contribution in [0.15, 0.2) is 0 Å². The summed E-state index contributed by atoms with van der Waals surface area (Å²) in [6, 6.07) is 0.332. The second-order valence-electron chi connectivity index (χ2n) is 4.62. The van der Waals surface area contributed by atoms with E-state index >= 15 is 0 Å². The van der Waals surface area contributed by atoms with E-state index in [2.05, 4.69) is 11.8 Å². The van der Waals surface area contributed by atoms with Gasteiger partial charge in [0.05, 0.1) is 5.92 Å². The van der Waals surface area contributed by atoms with Gasteiger partial charge in [-0.15, -0.1) is 0 Å². The molecule has 0 saturated heterocycles. The van der Waals surface area contributed by atoms with Crippen LogP contribution in [0.4, 0.5) is 0 Å². The summed E-state index contributed by atoms with van der Waals surface area (Å²) in [6.45, 7) is 4.27. The highest BCUT2D eigenvalue weighted by Crippen LogP contribution is 2.36. The maximum absolute atomic E-state index is 10.9. The average molecular weight is 197 g/mol. The van der Waals surface area contributed by atoms with Crippen LogP contribution >= 0.6 is 0 Å². The maximum atomic E-state index is 10.9. The number of carboxylic acid groups (broad SMARTS) is 1. The largest absolute Gasteiger partial charge is 0.481 e. The Labute approximate surface area is 85.1 Å². The Morgan fingerprint density at radius 1 is 1.36 bits per heavy atom. The van der Waals surface area contributed by atoms with Gasteiger partial charge in [-0.3, -0.25) is 9.69 Å². The number of nitrogens with zero attached hydrogens (tertiary/aromatic N) is 1. The minimum Gasteiger partial charge on any atom is -0.481 e. The molecule has 3 nitrogen and oxygen atoms in total. The van der Waals surface area contributed by atoms with E-state index in [4.69, 9.17) is 5.11 Å². The maximum Gasteiger partial charge on any atom is 0.308 e. The van der Waals surface area contributed by atoms with Gasteiger partial charge in [0.2, 0.25) is 0 Å². The van der Waals surface area contributed by atoms with Gasteiger partial charge in [0.1, 0.15) is 0 Å². The Morgan fingerprint density at radius 2 is 2.07 bits per heavy atom. The van der Waals surface area contributed by atoms with Gasteiger partial charge in [-0.2, -0.15) is 0 Å². The molecule has 2 saturated carbocycles. The number of hydrogen-bond donors (Lipinski definition) is 1. The number of hydrogen-bond acceptors (Lipinski definition) is 2. The van der Waals surface area contributed by atoms with E-state index in [9.17, 15) is 4.79 Å². The van der Waals surface area contributed by atoms with E-state index in [1.54, 1.807) is 0 Å². The van der Waals surface area contributed by atoms with Gasteiger partial charge < -0.3 is 5.11 Å². The number of carboxylic acids is 1. The highest BCUT2D eigenvalue weighted by Gasteiger charge is 2.41. The molecule has 3 heteroatoms. The van der Waals surface area contributed by atoms with Crippen molar-refractivity contribution in [3.63, 3.8) is 0 Å². The van der Waals surface area contributed by atoms with Gasteiger partial charge >= 0.3 is 5.97 Å². The molecule has 2 aliphatic carbocycles. The lowest BCUT2D eigenvalue weighted by atomic mass is 9.78. The fourth-order valence-electron chi connectivity index (χ4n) is 2.34. The quantitative estimate of drug-likeness (QED) is 0.727. The molecule has 14 heavy (non-hydrogen) atoms. The number of carbonyl (C=O) groups is 1. The Balaban J connectivity index is 1.87. The van der Waals surface area contributed by atoms with Crippen LogP contribution in [0.25, 0.3) is 0 Å². The first-order valence-corrected chi connectivity index (χ1v) is 5.69. The number of rotatable bonds is 5. The minimum absolute atomic E-state index is 0.0892. The summed E-state index contributed by atoms with van der Waals surface area (Å²) < 4.78 is 0. The fourth-order valence-corrected chi connectivity index (χ4v) is 2.34. The number of aliphatic carboxylic acids is 1. The molecule has 2 fully saturated rings. The second-order valence-corrected chi connectivity index (χ2v) is 4.62. The lowest BCUT2D eigenvalue weighted by Crippen LogP contribution is -2.50. The molecule has 0 amide bonds. The molecule has 2 atom stereocenters. The molecule has 1 N–H and O–H groups in total. The molecule has 0 aromatic carbocycles. The Kier molecular flexibility index (Phi) is 2.77. The molecule has 2 unspecified atom stereocenters. The highest BCUT2D eigenvalue weighted by molar-refractivity contribution is 5.72. The van der Waals surface area contributed by atoms with Gasteiger partial charge in [0, 0.05) is 12.6 Å². The lowest BCUT2D eigenvalue weighted by molar-refractivity contribution is -0.149. The molecule has 0 aromatic heterocycles. The van der Waals surface area contributed by atoms with Gasteiger partial charge in [-0.1, -0.05) is 6.92 Å². The Morgan fingerprint density at radius 3 is 2.43 bits per heavy atom. The molecular formula is C11H19NO2. The van der Waals surface area contributed by atoms with E-state index in [0.717, 1.165) is 31.8 Å². The Hall–Kier alpha value is -0.570. The van der Waals surface area contributed by atoms with Crippen LogP contribution in [-0.4, -0.2) is 35.1 Å². The molecule has 80 valence electrons. The van der Waals surface area contributed by atoms with Crippen LogP contribution < -0.4 is 0 Å². The van der Waals surface area contributed by atoms with Crippen molar-refractivity contribution in [3.05, 3.63) is 0 Å². The first kappa shape index (κ1) is 9.97. The van der Waals surface area contributed by atoms with E-state index in [0.29, 0.717) is 6.04 Å². The molecule has 0 bridgehead atoms. The highest BCUT2D eigenvalue weighted by atomic mass is 16.4. The van der Waals surface area contributed by atoms with Crippen molar-refractivity contribution >= 4 is 5.97 Å². The van der Waals surface area contributed by atoms with Crippen molar-refractivity contribution in [1.29, 1.82) is 0 Å². The van der Waals surface area contributed by atoms with E-state index in [1.165, 1.54) is 12.8 Å². The molecule has 2 aliphatic rings. The third-order valence-electron chi connectivity index (χ3n) is 3.62. The summed E-state index contributed by atoms with van der Waals surface area (Å²) in [5.41, 5.74) is 0. The standard InChI is InChI=1S/C11H19NO2/c1-2-12(7-8-3-4-8)10-6-5-9(10)11(13)14/h8-10H,2-7H2,1H3,(H,13,14).